The first-order valence-corrected chi connectivity index (χ1v) is 7.91. The van der Waals surface area contributed by atoms with E-state index in [1.807, 2.05) is 0 Å². The average Bonchev–Trinajstić information content (AvgIpc) is 2.43. The number of aromatic nitrogens is 1. The second kappa shape index (κ2) is 6.44. The molecule has 7 nitrogen and oxygen atoms in total. The molecule has 0 spiro atoms. The predicted octanol–water partition coefficient (Wildman–Crippen LogP) is 1.19. The zero-order valence-electron chi connectivity index (χ0n) is 11.8. The number of para-hydroxylation sites is 1. The molecule has 22 heavy (non-hydrogen) atoms. The van der Waals surface area contributed by atoms with Gasteiger partial charge in [0, 0.05) is 12.1 Å². The molecule has 0 aliphatic rings. The first-order chi connectivity index (χ1) is 10.4. The maximum Gasteiger partial charge on any atom is 0.321 e. The number of anilines is 2. The molecule has 0 radical (unpaired) electrons. The van der Waals surface area contributed by atoms with E-state index >= 15 is 0 Å². The van der Waals surface area contributed by atoms with Gasteiger partial charge in [-0.15, -0.1) is 0 Å². The van der Waals surface area contributed by atoms with Gasteiger partial charge in [-0.2, -0.15) is 8.42 Å². The quantitative estimate of drug-likeness (QED) is 0.694. The van der Waals surface area contributed by atoms with Gasteiger partial charge in [0.25, 0.3) is 5.56 Å². The zero-order valence-corrected chi connectivity index (χ0v) is 12.6. The molecule has 0 aliphatic heterocycles. The Hall–Kier alpha value is -2.61. The van der Waals surface area contributed by atoms with Gasteiger partial charge in [0.15, 0.2) is 0 Å². The number of aryl methyl sites for hydroxylation is 1. The summed E-state index contributed by atoms with van der Waals surface area (Å²) < 4.78 is 28.7. The van der Waals surface area contributed by atoms with E-state index < -0.39 is 15.8 Å². The van der Waals surface area contributed by atoms with Crippen LogP contribution >= 0.6 is 0 Å². The molecule has 2 aromatic rings. The number of aromatic amines is 1. The highest BCUT2D eigenvalue weighted by atomic mass is 32.2. The van der Waals surface area contributed by atoms with Crippen molar-refractivity contribution in [1.29, 1.82) is 0 Å². The molecule has 0 unspecified atom stereocenters. The molecule has 116 valence electrons. The Bertz CT molecular complexity index is 829. The second-order valence-corrected chi connectivity index (χ2v) is 6.04. The molecule has 0 fully saturated rings. The van der Waals surface area contributed by atoms with Crippen LogP contribution in [-0.4, -0.2) is 19.7 Å². The van der Waals surface area contributed by atoms with Gasteiger partial charge in [-0.1, -0.05) is 18.2 Å². The van der Waals surface area contributed by atoms with E-state index in [9.17, 15) is 18.0 Å². The number of carbonyl (C=O) groups excluding carboxylic acids is 1. The fourth-order valence-corrected chi connectivity index (χ4v) is 2.93. The third-order valence-corrected chi connectivity index (χ3v) is 3.79. The van der Waals surface area contributed by atoms with Crippen LogP contribution in [0.5, 0.6) is 0 Å². The normalized spacial score (nSPS) is 11.0. The van der Waals surface area contributed by atoms with Crippen LogP contribution in [0.15, 0.2) is 41.2 Å². The highest BCUT2D eigenvalue weighted by Crippen LogP contribution is 2.14. The van der Waals surface area contributed by atoms with Crippen LogP contribution in [0.3, 0.4) is 0 Å². The maximum atomic E-state index is 12.1. The van der Waals surface area contributed by atoms with Crippen LogP contribution < -0.4 is 15.0 Å². The number of hydrogen-bond acceptors (Lipinski definition) is 4. The lowest BCUT2D eigenvalue weighted by atomic mass is 10.1. The monoisotopic (exact) mass is 321 g/mol. The Labute approximate surface area is 127 Å². The molecular weight excluding hydrogens is 306 g/mol. The minimum atomic E-state index is -4.00. The Morgan fingerprint density at radius 2 is 1.86 bits per heavy atom. The average molecular weight is 321 g/mol. The highest BCUT2D eigenvalue weighted by molar-refractivity contribution is 7.94. The lowest BCUT2D eigenvalue weighted by Crippen LogP contribution is -2.27. The van der Waals surface area contributed by atoms with Crippen molar-refractivity contribution in [2.45, 2.75) is 13.3 Å². The molecule has 0 bridgehead atoms. The summed E-state index contributed by atoms with van der Waals surface area (Å²) in [4.78, 5) is 25.1. The van der Waals surface area contributed by atoms with Gasteiger partial charge in [0.05, 0.1) is 5.69 Å². The van der Waals surface area contributed by atoms with Crippen LogP contribution in [0, 0.1) is 6.92 Å². The summed E-state index contributed by atoms with van der Waals surface area (Å²) in [7, 11) is -4.00. The van der Waals surface area contributed by atoms with Crippen molar-refractivity contribution < 1.29 is 13.2 Å². The van der Waals surface area contributed by atoms with Crippen molar-refractivity contribution in [3.05, 3.63) is 58.0 Å². The number of pyridine rings is 1. The van der Waals surface area contributed by atoms with Crippen molar-refractivity contribution in [2.24, 2.45) is 0 Å². The van der Waals surface area contributed by atoms with Crippen molar-refractivity contribution in [3.8, 4) is 0 Å². The standard InChI is InChI=1S/C14H15N3O4S/c1-10-9-11(7-8-18)13(14(19)15-10)17-22(20,21)16-12-5-3-2-4-6-12/h2-6,8-9,16-17H,7H2,1H3,(H,15,19). The Balaban J connectivity index is 2.33. The largest absolute Gasteiger partial charge is 0.325 e. The Morgan fingerprint density at radius 1 is 1.18 bits per heavy atom. The summed E-state index contributed by atoms with van der Waals surface area (Å²) >= 11 is 0. The molecule has 0 saturated heterocycles. The molecule has 0 amide bonds. The first kappa shape index (κ1) is 15.8. The molecule has 2 rings (SSSR count). The number of H-pyrrole nitrogens is 1. The van der Waals surface area contributed by atoms with E-state index in [2.05, 4.69) is 14.4 Å². The lowest BCUT2D eigenvalue weighted by Gasteiger charge is -2.12. The summed E-state index contributed by atoms with van der Waals surface area (Å²) in [5.41, 5.74) is 0.447. The Morgan fingerprint density at radius 3 is 2.50 bits per heavy atom. The van der Waals surface area contributed by atoms with E-state index in [0.717, 1.165) is 0 Å². The van der Waals surface area contributed by atoms with E-state index in [1.54, 1.807) is 43.3 Å². The fraction of sp³-hybridized carbons (Fsp3) is 0.143. The highest BCUT2D eigenvalue weighted by Gasteiger charge is 2.16. The van der Waals surface area contributed by atoms with Crippen LogP contribution in [0.4, 0.5) is 11.4 Å². The predicted molar refractivity (Wildman–Crippen MR) is 84.2 cm³/mol. The molecule has 0 aliphatic carbocycles. The van der Waals surface area contributed by atoms with Gasteiger partial charge >= 0.3 is 10.2 Å². The molecule has 1 aromatic carbocycles. The van der Waals surface area contributed by atoms with E-state index in [1.165, 1.54) is 0 Å². The summed E-state index contributed by atoms with van der Waals surface area (Å²) in [5, 5.41) is 0. The van der Waals surface area contributed by atoms with E-state index in [4.69, 9.17) is 0 Å². The molecule has 0 saturated carbocycles. The summed E-state index contributed by atoms with van der Waals surface area (Å²) in [6, 6.07) is 9.80. The fourth-order valence-electron chi connectivity index (χ4n) is 1.94. The second-order valence-electron chi connectivity index (χ2n) is 4.63. The van der Waals surface area contributed by atoms with Crippen molar-refractivity contribution in [1.82, 2.24) is 4.98 Å². The molecule has 0 atom stereocenters. The van der Waals surface area contributed by atoms with Crippen molar-refractivity contribution >= 4 is 27.9 Å². The number of benzene rings is 1. The summed E-state index contributed by atoms with van der Waals surface area (Å²) in [6.45, 7) is 1.65. The molecule has 3 N–H and O–H groups in total. The van der Waals surface area contributed by atoms with Gasteiger partial charge in [0.1, 0.15) is 12.0 Å². The molecule has 8 heteroatoms. The number of hydrogen-bond donors (Lipinski definition) is 3. The topological polar surface area (TPSA) is 108 Å². The molecule has 1 aromatic heterocycles. The van der Waals surface area contributed by atoms with Crippen LogP contribution in [0.25, 0.3) is 0 Å². The SMILES string of the molecule is Cc1cc(CC=O)c(NS(=O)(=O)Nc2ccccc2)c(=O)[nH]1. The smallest absolute Gasteiger partial charge is 0.321 e. The molecule has 1 heterocycles. The summed E-state index contributed by atoms with van der Waals surface area (Å²) in [6.07, 6.45) is 0.546. The number of carbonyl (C=O) groups is 1. The third-order valence-electron chi connectivity index (χ3n) is 2.82. The maximum absolute atomic E-state index is 12.1. The minimum absolute atomic E-state index is 0.0616. The van der Waals surface area contributed by atoms with Crippen LogP contribution in [0.1, 0.15) is 11.3 Å². The number of rotatable bonds is 6. The van der Waals surface area contributed by atoms with E-state index in [0.29, 0.717) is 23.2 Å². The lowest BCUT2D eigenvalue weighted by molar-refractivity contribution is -0.107. The van der Waals surface area contributed by atoms with Gasteiger partial charge in [-0.25, -0.2) is 0 Å². The number of aldehydes is 1. The zero-order chi connectivity index (χ0) is 16.2. The molecular formula is C14H15N3O4S. The van der Waals surface area contributed by atoms with Crippen molar-refractivity contribution in [2.75, 3.05) is 9.44 Å². The van der Waals surface area contributed by atoms with Crippen molar-refractivity contribution in [3.63, 3.8) is 0 Å². The third kappa shape index (κ3) is 3.95. The van der Waals surface area contributed by atoms with Gasteiger partial charge in [-0.05, 0) is 30.7 Å². The number of nitrogens with one attached hydrogen (secondary N) is 3. The van der Waals surface area contributed by atoms with E-state index in [-0.39, 0.29) is 12.1 Å². The van der Waals surface area contributed by atoms with Crippen LogP contribution in [-0.2, 0) is 21.4 Å². The van der Waals surface area contributed by atoms with Crippen LogP contribution in [0.2, 0.25) is 0 Å². The Kier molecular flexibility index (Phi) is 4.62. The first-order valence-electron chi connectivity index (χ1n) is 6.43. The van der Waals surface area contributed by atoms with Gasteiger partial charge in [-0.3, -0.25) is 14.2 Å². The summed E-state index contributed by atoms with van der Waals surface area (Å²) in [5.74, 6) is 0. The van der Waals surface area contributed by atoms with Gasteiger partial charge in [0.2, 0.25) is 0 Å². The van der Waals surface area contributed by atoms with Gasteiger partial charge < -0.3 is 9.78 Å². The minimum Gasteiger partial charge on any atom is -0.325 e.